The molecule has 0 unspecified atom stereocenters. The molecule has 1 N–H and O–H groups in total. The van der Waals surface area contributed by atoms with Crippen molar-refractivity contribution in [3.63, 3.8) is 0 Å². The average Bonchev–Trinajstić information content (AvgIpc) is 2.15. The molecule has 0 bridgehead atoms. The van der Waals surface area contributed by atoms with E-state index in [1.165, 1.54) is 5.56 Å². The SMILES string of the molecule is CC(C)c1cccc(OCCO)c1. The molecule has 0 saturated carbocycles. The highest BCUT2D eigenvalue weighted by Crippen LogP contribution is 2.19. The van der Waals surface area contributed by atoms with Crippen LogP contribution in [0.2, 0.25) is 0 Å². The Hall–Kier alpha value is -1.02. The Morgan fingerprint density at radius 2 is 2.15 bits per heavy atom. The van der Waals surface area contributed by atoms with Crippen molar-refractivity contribution in [1.29, 1.82) is 0 Å². The normalized spacial score (nSPS) is 10.5. The van der Waals surface area contributed by atoms with Crippen molar-refractivity contribution in [3.8, 4) is 5.75 Å². The number of aliphatic hydroxyl groups excluding tert-OH is 1. The molecule has 2 nitrogen and oxygen atoms in total. The summed E-state index contributed by atoms with van der Waals surface area (Å²) in [5.41, 5.74) is 1.26. The van der Waals surface area contributed by atoms with Gasteiger partial charge in [0.1, 0.15) is 12.4 Å². The fourth-order valence-electron chi connectivity index (χ4n) is 1.13. The summed E-state index contributed by atoms with van der Waals surface area (Å²) in [6, 6.07) is 7.97. The third kappa shape index (κ3) is 3.07. The molecule has 0 saturated heterocycles. The topological polar surface area (TPSA) is 29.5 Å². The molecule has 2 heteroatoms. The molecule has 0 radical (unpaired) electrons. The van der Waals surface area contributed by atoms with Gasteiger partial charge in [-0.25, -0.2) is 0 Å². The molecule has 0 aliphatic heterocycles. The molecular formula is C11H16O2. The molecule has 72 valence electrons. The molecule has 0 heterocycles. The van der Waals surface area contributed by atoms with Crippen molar-refractivity contribution in [3.05, 3.63) is 29.8 Å². The third-order valence-electron chi connectivity index (χ3n) is 1.88. The van der Waals surface area contributed by atoms with Crippen molar-refractivity contribution in [2.24, 2.45) is 0 Å². The van der Waals surface area contributed by atoms with E-state index < -0.39 is 0 Å². The number of hydrogen-bond acceptors (Lipinski definition) is 2. The molecule has 0 fully saturated rings. The summed E-state index contributed by atoms with van der Waals surface area (Å²) in [6.45, 7) is 4.71. The summed E-state index contributed by atoms with van der Waals surface area (Å²) < 4.78 is 5.30. The number of rotatable bonds is 4. The molecule has 0 aromatic heterocycles. The van der Waals surface area contributed by atoms with E-state index >= 15 is 0 Å². The summed E-state index contributed by atoms with van der Waals surface area (Å²) in [6.07, 6.45) is 0. The maximum Gasteiger partial charge on any atom is 0.119 e. The second kappa shape index (κ2) is 4.87. The lowest BCUT2D eigenvalue weighted by atomic mass is 10.0. The van der Waals surface area contributed by atoms with Gasteiger partial charge in [0, 0.05) is 0 Å². The Morgan fingerprint density at radius 1 is 1.38 bits per heavy atom. The van der Waals surface area contributed by atoms with Gasteiger partial charge in [0.25, 0.3) is 0 Å². The van der Waals surface area contributed by atoms with Gasteiger partial charge in [0.05, 0.1) is 6.61 Å². The lowest BCUT2D eigenvalue weighted by Gasteiger charge is -2.08. The highest BCUT2D eigenvalue weighted by atomic mass is 16.5. The van der Waals surface area contributed by atoms with E-state index in [1.807, 2.05) is 18.2 Å². The van der Waals surface area contributed by atoms with Crippen molar-refractivity contribution in [1.82, 2.24) is 0 Å². The zero-order chi connectivity index (χ0) is 9.68. The monoisotopic (exact) mass is 180 g/mol. The van der Waals surface area contributed by atoms with E-state index in [0.717, 1.165) is 5.75 Å². The van der Waals surface area contributed by atoms with Gasteiger partial charge in [-0.3, -0.25) is 0 Å². The number of benzene rings is 1. The smallest absolute Gasteiger partial charge is 0.119 e. The minimum atomic E-state index is 0.0614. The fourth-order valence-corrected chi connectivity index (χ4v) is 1.13. The van der Waals surface area contributed by atoms with Crippen molar-refractivity contribution < 1.29 is 9.84 Å². The Kier molecular flexibility index (Phi) is 3.77. The summed E-state index contributed by atoms with van der Waals surface area (Å²) in [7, 11) is 0. The van der Waals surface area contributed by atoms with Crippen molar-refractivity contribution in [2.45, 2.75) is 19.8 Å². The second-order valence-corrected chi connectivity index (χ2v) is 3.30. The fraction of sp³-hybridized carbons (Fsp3) is 0.455. The second-order valence-electron chi connectivity index (χ2n) is 3.30. The van der Waals surface area contributed by atoms with Crippen LogP contribution in [0.5, 0.6) is 5.75 Å². The van der Waals surface area contributed by atoms with Crippen LogP contribution in [-0.2, 0) is 0 Å². The largest absolute Gasteiger partial charge is 0.491 e. The van der Waals surface area contributed by atoms with Gasteiger partial charge in [-0.2, -0.15) is 0 Å². The first-order chi connectivity index (χ1) is 6.24. The molecule has 0 aliphatic carbocycles. The lowest BCUT2D eigenvalue weighted by molar-refractivity contribution is 0.201. The highest BCUT2D eigenvalue weighted by molar-refractivity contribution is 5.30. The lowest BCUT2D eigenvalue weighted by Crippen LogP contribution is -2.01. The van der Waals surface area contributed by atoms with Gasteiger partial charge in [0.2, 0.25) is 0 Å². The zero-order valence-corrected chi connectivity index (χ0v) is 8.16. The van der Waals surface area contributed by atoms with Crippen LogP contribution in [0.4, 0.5) is 0 Å². The Morgan fingerprint density at radius 3 is 2.77 bits per heavy atom. The number of ether oxygens (including phenoxy) is 1. The van der Waals surface area contributed by atoms with Crippen LogP contribution in [0, 0.1) is 0 Å². The maximum absolute atomic E-state index is 8.58. The van der Waals surface area contributed by atoms with Crippen LogP contribution >= 0.6 is 0 Å². The van der Waals surface area contributed by atoms with Gasteiger partial charge in [-0.05, 0) is 23.6 Å². The first kappa shape index (κ1) is 10.1. The van der Waals surface area contributed by atoms with Crippen LogP contribution in [0.1, 0.15) is 25.3 Å². The Bertz CT molecular complexity index is 256. The molecule has 0 atom stereocenters. The molecule has 1 aromatic rings. The molecule has 1 aromatic carbocycles. The van der Waals surface area contributed by atoms with Gasteiger partial charge < -0.3 is 9.84 Å². The number of aliphatic hydroxyl groups is 1. The summed E-state index contributed by atoms with van der Waals surface area (Å²) in [5, 5.41) is 8.58. The van der Waals surface area contributed by atoms with Crippen LogP contribution in [0.3, 0.4) is 0 Å². The van der Waals surface area contributed by atoms with E-state index in [4.69, 9.17) is 9.84 Å². The van der Waals surface area contributed by atoms with E-state index in [1.54, 1.807) is 0 Å². The summed E-state index contributed by atoms with van der Waals surface area (Å²) in [4.78, 5) is 0. The maximum atomic E-state index is 8.58. The molecule has 0 spiro atoms. The van der Waals surface area contributed by atoms with E-state index in [-0.39, 0.29) is 6.61 Å². The third-order valence-corrected chi connectivity index (χ3v) is 1.88. The zero-order valence-electron chi connectivity index (χ0n) is 8.16. The molecule has 0 amide bonds. The minimum Gasteiger partial charge on any atom is -0.491 e. The standard InChI is InChI=1S/C11H16O2/c1-9(2)10-4-3-5-11(8-10)13-7-6-12/h3-5,8-9,12H,6-7H2,1-2H3. The van der Waals surface area contributed by atoms with E-state index in [0.29, 0.717) is 12.5 Å². The minimum absolute atomic E-state index is 0.0614. The first-order valence-corrected chi connectivity index (χ1v) is 4.57. The predicted molar refractivity (Wildman–Crippen MR) is 53.1 cm³/mol. The van der Waals surface area contributed by atoms with Crippen molar-refractivity contribution in [2.75, 3.05) is 13.2 Å². The molecule has 13 heavy (non-hydrogen) atoms. The van der Waals surface area contributed by atoms with Crippen LogP contribution in [0.25, 0.3) is 0 Å². The molecule has 0 aliphatic rings. The van der Waals surface area contributed by atoms with Crippen molar-refractivity contribution >= 4 is 0 Å². The van der Waals surface area contributed by atoms with Gasteiger partial charge >= 0.3 is 0 Å². The Balaban J connectivity index is 2.68. The highest BCUT2D eigenvalue weighted by Gasteiger charge is 2.00. The van der Waals surface area contributed by atoms with Crippen LogP contribution < -0.4 is 4.74 Å². The number of hydrogen-bond donors (Lipinski definition) is 1. The van der Waals surface area contributed by atoms with Gasteiger partial charge in [-0.1, -0.05) is 26.0 Å². The molecule has 1 rings (SSSR count). The van der Waals surface area contributed by atoms with E-state index in [9.17, 15) is 0 Å². The predicted octanol–water partition coefficient (Wildman–Crippen LogP) is 2.18. The molecular weight excluding hydrogens is 164 g/mol. The van der Waals surface area contributed by atoms with Crippen LogP contribution in [-0.4, -0.2) is 18.3 Å². The first-order valence-electron chi connectivity index (χ1n) is 4.57. The van der Waals surface area contributed by atoms with E-state index in [2.05, 4.69) is 19.9 Å². The summed E-state index contributed by atoms with van der Waals surface area (Å²) in [5.74, 6) is 1.35. The van der Waals surface area contributed by atoms with Gasteiger partial charge in [0.15, 0.2) is 0 Å². The van der Waals surface area contributed by atoms with Crippen LogP contribution in [0.15, 0.2) is 24.3 Å². The quantitative estimate of drug-likeness (QED) is 0.769. The Labute approximate surface area is 79.2 Å². The van der Waals surface area contributed by atoms with Gasteiger partial charge in [-0.15, -0.1) is 0 Å². The summed E-state index contributed by atoms with van der Waals surface area (Å²) >= 11 is 0. The average molecular weight is 180 g/mol.